The number of aromatic nitrogens is 3. The van der Waals surface area contributed by atoms with Crippen LogP contribution < -0.4 is 10.9 Å². The predicted octanol–water partition coefficient (Wildman–Crippen LogP) is 2.43. The van der Waals surface area contributed by atoms with E-state index in [1.165, 1.54) is 0 Å². The van der Waals surface area contributed by atoms with Gasteiger partial charge in [-0.15, -0.1) is 11.3 Å². The highest BCUT2D eigenvalue weighted by Gasteiger charge is 2.11. The van der Waals surface area contributed by atoms with Gasteiger partial charge in [0.2, 0.25) is 5.91 Å². The molecule has 4 rings (SSSR count). The maximum absolute atomic E-state index is 12.2. The highest BCUT2D eigenvalue weighted by molar-refractivity contribution is 7.18. The molecule has 0 bridgehead atoms. The van der Waals surface area contributed by atoms with Crippen molar-refractivity contribution in [3.8, 4) is 0 Å². The van der Waals surface area contributed by atoms with Gasteiger partial charge in [0.05, 0.1) is 32.7 Å². The molecular weight excluding hydrogens is 348 g/mol. The molecule has 0 aliphatic rings. The molecular formula is C19H16N4O2S. The molecule has 0 aliphatic heterocycles. The molecule has 2 heterocycles. The molecule has 6 nitrogen and oxygen atoms in total. The molecule has 130 valence electrons. The Kier molecular flexibility index (Phi) is 4.45. The molecule has 2 aromatic carbocycles. The second kappa shape index (κ2) is 7.05. The minimum atomic E-state index is -0.249. The standard InChI is InChI=1S/C19H16N4O2S/c24-17(11-15-12-5-1-2-6-13(12)19(25)23-22-15)20-10-9-18-21-14-7-3-4-8-16(14)26-18/h1-8H,9-11H2,(H,20,24)(H,23,25). The molecule has 0 unspecified atom stereocenters. The van der Waals surface area contributed by atoms with E-state index in [4.69, 9.17) is 0 Å². The number of para-hydroxylation sites is 1. The van der Waals surface area contributed by atoms with Crippen molar-refractivity contribution in [2.75, 3.05) is 6.54 Å². The number of carbonyl (C=O) groups excluding carboxylic acids is 1. The molecule has 1 amide bonds. The van der Waals surface area contributed by atoms with Crippen molar-refractivity contribution in [1.29, 1.82) is 0 Å². The van der Waals surface area contributed by atoms with E-state index in [-0.39, 0.29) is 17.9 Å². The molecule has 0 fully saturated rings. The summed E-state index contributed by atoms with van der Waals surface area (Å²) in [6.45, 7) is 0.514. The van der Waals surface area contributed by atoms with Crippen molar-refractivity contribution < 1.29 is 4.79 Å². The summed E-state index contributed by atoms with van der Waals surface area (Å²) in [5.41, 5.74) is 1.31. The van der Waals surface area contributed by atoms with Gasteiger partial charge >= 0.3 is 0 Å². The lowest BCUT2D eigenvalue weighted by molar-refractivity contribution is -0.120. The number of carbonyl (C=O) groups is 1. The minimum absolute atomic E-state index is 0.122. The van der Waals surface area contributed by atoms with Crippen LogP contribution in [0.2, 0.25) is 0 Å². The fourth-order valence-corrected chi connectivity index (χ4v) is 3.82. The van der Waals surface area contributed by atoms with Crippen molar-refractivity contribution in [3.63, 3.8) is 0 Å². The summed E-state index contributed by atoms with van der Waals surface area (Å²) in [4.78, 5) is 28.6. The Morgan fingerprint density at radius 2 is 1.85 bits per heavy atom. The normalized spacial score (nSPS) is 11.1. The molecule has 0 aliphatic carbocycles. The Morgan fingerprint density at radius 3 is 2.69 bits per heavy atom. The number of thiazole rings is 1. The minimum Gasteiger partial charge on any atom is -0.355 e. The zero-order valence-corrected chi connectivity index (χ0v) is 14.7. The van der Waals surface area contributed by atoms with E-state index in [1.54, 1.807) is 29.5 Å². The number of fused-ring (bicyclic) bond motifs is 2. The second-order valence-corrected chi connectivity index (χ2v) is 7.01. The van der Waals surface area contributed by atoms with Crippen LogP contribution in [0.1, 0.15) is 10.7 Å². The fourth-order valence-electron chi connectivity index (χ4n) is 2.86. The smallest absolute Gasteiger partial charge is 0.272 e. The summed E-state index contributed by atoms with van der Waals surface area (Å²) in [5, 5.41) is 11.6. The number of hydrogen-bond donors (Lipinski definition) is 2. The van der Waals surface area contributed by atoms with Crippen LogP contribution in [0.5, 0.6) is 0 Å². The van der Waals surface area contributed by atoms with Gasteiger partial charge in [-0.1, -0.05) is 30.3 Å². The Morgan fingerprint density at radius 1 is 1.08 bits per heavy atom. The van der Waals surface area contributed by atoms with Gasteiger partial charge in [0.1, 0.15) is 0 Å². The summed E-state index contributed by atoms with van der Waals surface area (Å²) in [6.07, 6.45) is 0.808. The number of aromatic amines is 1. The van der Waals surface area contributed by atoms with Crippen LogP contribution in [0.4, 0.5) is 0 Å². The first-order chi connectivity index (χ1) is 12.7. The largest absolute Gasteiger partial charge is 0.355 e. The monoisotopic (exact) mass is 364 g/mol. The third-order valence-electron chi connectivity index (χ3n) is 4.10. The molecule has 0 radical (unpaired) electrons. The van der Waals surface area contributed by atoms with E-state index in [1.807, 2.05) is 30.3 Å². The molecule has 0 saturated heterocycles. The third-order valence-corrected chi connectivity index (χ3v) is 5.20. The maximum Gasteiger partial charge on any atom is 0.272 e. The number of hydrogen-bond acceptors (Lipinski definition) is 5. The zero-order valence-electron chi connectivity index (χ0n) is 13.9. The topological polar surface area (TPSA) is 87.7 Å². The Hall–Kier alpha value is -3.06. The van der Waals surface area contributed by atoms with Crippen LogP contribution in [-0.4, -0.2) is 27.6 Å². The van der Waals surface area contributed by atoms with Crippen molar-refractivity contribution in [1.82, 2.24) is 20.5 Å². The number of nitrogens with one attached hydrogen (secondary N) is 2. The maximum atomic E-state index is 12.2. The Bertz CT molecular complexity index is 1120. The average Bonchev–Trinajstić information content (AvgIpc) is 3.07. The van der Waals surface area contributed by atoms with Gasteiger partial charge in [-0.05, 0) is 18.2 Å². The molecule has 2 aromatic heterocycles. The predicted molar refractivity (Wildman–Crippen MR) is 102 cm³/mol. The first-order valence-corrected chi connectivity index (χ1v) is 9.10. The van der Waals surface area contributed by atoms with Gasteiger partial charge in [0.25, 0.3) is 5.56 Å². The first kappa shape index (κ1) is 16.4. The van der Waals surface area contributed by atoms with Gasteiger partial charge in [-0.2, -0.15) is 5.10 Å². The second-order valence-electron chi connectivity index (χ2n) is 5.90. The van der Waals surface area contributed by atoms with E-state index < -0.39 is 0 Å². The number of rotatable bonds is 5. The lowest BCUT2D eigenvalue weighted by atomic mass is 10.1. The summed E-state index contributed by atoms with van der Waals surface area (Å²) in [5.74, 6) is -0.129. The van der Waals surface area contributed by atoms with E-state index in [0.717, 1.165) is 15.2 Å². The number of H-pyrrole nitrogens is 1. The molecule has 4 aromatic rings. The summed E-state index contributed by atoms with van der Waals surface area (Å²) in [6, 6.07) is 15.1. The molecule has 2 N–H and O–H groups in total. The molecule has 0 atom stereocenters. The van der Waals surface area contributed by atoms with Crippen LogP contribution in [-0.2, 0) is 17.6 Å². The van der Waals surface area contributed by atoms with E-state index in [2.05, 4.69) is 20.5 Å². The fraction of sp³-hybridized carbons (Fsp3) is 0.158. The van der Waals surface area contributed by atoms with Gasteiger partial charge in [0.15, 0.2) is 0 Å². The molecule has 26 heavy (non-hydrogen) atoms. The van der Waals surface area contributed by atoms with Crippen LogP contribution >= 0.6 is 11.3 Å². The van der Waals surface area contributed by atoms with Gasteiger partial charge in [0, 0.05) is 18.4 Å². The van der Waals surface area contributed by atoms with Crippen molar-refractivity contribution in [2.45, 2.75) is 12.8 Å². The van der Waals surface area contributed by atoms with Crippen molar-refractivity contribution in [2.24, 2.45) is 0 Å². The number of nitrogens with zero attached hydrogens (tertiary/aromatic N) is 2. The summed E-state index contributed by atoms with van der Waals surface area (Å²) >= 11 is 1.64. The first-order valence-electron chi connectivity index (χ1n) is 8.28. The van der Waals surface area contributed by atoms with Gasteiger partial charge < -0.3 is 5.32 Å². The highest BCUT2D eigenvalue weighted by Crippen LogP contribution is 2.21. The molecule has 0 spiro atoms. The van der Waals surface area contributed by atoms with Crippen molar-refractivity contribution in [3.05, 3.63) is 69.6 Å². The number of benzene rings is 2. The van der Waals surface area contributed by atoms with Crippen LogP contribution in [0.15, 0.2) is 53.3 Å². The lowest BCUT2D eigenvalue weighted by Gasteiger charge is -2.06. The summed E-state index contributed by atoms with van der Waals surface area (Å²) < 4.78 is 1.15. The van der Waals surface area contributed by atoms with Gasteiger partial charge in [-0.25, -0.2) is 10.1 Å². The van der Waals surface area contributed by atoms with Crippen molar-refractivity contribution >= 4 is 38.2 Å². The third kappa shape index (κ3) is 3.34. The van der Waals surface area contributed by atoms with E-state index in [0.29, 0.717) is 29.4 Å². The molecule has 7 heteroatoms. The average molecular weight is 364 g/mol. The SMILES string of the molecule is O=C(Cc1n[nH]c(=O)c2ccccc12)NCCc1nc2ccccc2s1. The van der Waals surface area contributed by atoms with Crippen LogP contribution in [0.25, 0.3) is 21.0 Å². The van der Waals surface area contributed by atoms with E-state index >= 15 is 0 Å². The Balaban J connectivity index is 1.40. The lowest BCUT2D eigenvalue weighted by Crippen LogP contribution is -2.28. The highest BCUT2D eigenvalue weighted by atomic mass is 32.1. The Labute approximate surface area is 152 Å². The summed E-state index contributed by atoms with van der Waals surface area (Å²) in [7, 11) is 0. The molecule has 0 saturated carbocycles. The van der Waals surface area contributed by atoms with Crippen LogP contribution in [0, 0.1) is 0 Å². The quantitative estimate of drug-likeness (QED) is 0.569. The van der Waals surface area contributed by atoms with E-state index in [9.17, 15) is 9.59 Å². The van der Waals surface area contributed by atoms with Crippen LogP contribution in [0.3, 0.4) is 0 Å². The van der Waals surface area contributed by atoms with Gasteiger partial charge in [-0.3, -0.25) is 9.59 Å². The number of amides is 1. The zero-order chi connectivity index (χ0) is 17.9.